The second-order valence-electron chi connectivity index (χ2n) is 20.2. The highest BCUT2D eigenvalue weighted by molar-refractivity contribution is 5.80. The molecule has 3 atom stereocenters. The Kier molecular flexibility index (Phi) is 54.5. The van der Waals surface area contributed by atoms with Gasteiger partial charge in [0.15, 0.2) is 0 Å². The SMILES string of the molecule is CCCCCCCCCCCCCC/C=C\CCCCCCCCCCCCCCC(O)C(=O)NC(CO)C(O)/C=C/CC/C=C/CC/C=C/CCCCCCCCCCCCCCCC. The number of hydrogen-bond donors (Lipinski definition) is 4. The first-order valence-corrected chi connectivity index (χ1v) is 29.5. The van der Waals surface area contributed by atoms with Crippen LogP contribution in [-0.4, -0.2) is 46.1 Å². The van der Waals surface area contributed by atoms with Crippen LogP contribution in [0.1, 0.15) is 309 Å². The number of rotatable bonds is 54. The van der Waals surface area contributed by atoms with Gasteiger partial charge in [-0.05, 0) is 70.6 Å². The highest BCUT2D eigenvalue weighted by Gasteiger charge is 2.22. The van der Waals surface area contributed by atoms with E-state index < -0.39 is 24.2 Å². The Morgan fingerprint density at radius 3 is 0.924 bits per heavy atom. The minimum Gasteiger partial charge on any atom is -0.394 e. The first-order valence-electron chi connectivity index (χ1n) is 29.5. The van der Waals surface area contributed by atoms with Gasteiger partial charge >= 0.3 is 0 Å². The molecule has 0 heterocycles. The van der Waals surface area contributed by atoms with Crippen LogP contribution in [0.3, 0.4) is 0 Å². The Labute approximate surface area is 412 Å². The van der Waals surface area contributed by atoms with Crippen molar-refractivity contribution in [3.63, 3.8) is 0 Å². The molecular weight excluding hydrogens is 811 g/mol. The number of amides is 1. The van der Waals surface area contributed by atoms with E-state index in [4.69, 9.17) is 0 Å². The van der Waals surface area contributed by atoms with E-state index in [9.17, 15) is 20.1 Å². The summed E-state index contributed by atoms with van der Waals surface area (Å²) in [5.41, 5.74) is 0. The molecule has 0 saturated carbocycles. The van der Waals surface area contributed by atoms with Crippen LogP contribution in [-0.2, 0) is 4.79 Å². The van der Waals surface area contributed by atoms with Crippen molar-refractivity contribution >= 4 is 5.91 Å². The van der Waals surface area contributed by atoms with Gasteiger partial charge in [-0.15, -0.1) is 0 Å². The van der Waals surface area contributed by atoms with Crippen LogP contribution in [0.4, 0.5) is 0 Å². The zero-order valence-electron chi connectivity index (χ0n) is 44.3. The average molecular weight is 927 g/mol. The summed E-state index contributed by atoms with van der Waals surface area (Å²) < 4.78 is 0. The van der Waals surface area contributed by atoms with E-state index in [1.165, 1.54) is 244 Å². The van der Waals surface area contributed by atoms with Gasteiger partial charge in [-0.25, -0.2) is 0 Å². The molecule has 5 nitrogen and oxygen atoms in total. The van der Waals surface area contributed by atoms with Gasteiger partial charge in [-0.3, -0.25) is 4.79 Å². The zero-order valence-corrected chi connectivity index (χ0v) is 44.3. The number of aliphatic hydroxyl groups excluding tert-OH is 3. The number of hydrogen-bond acceptors (Lipinski definition) is 4. The Hall–Kier alpha value is -1.69. The van der Waals surface area contributed by atoms with Crippen molar-refractivity contribution in [3.8, 4) is 0 Å². The van der Waals surface area contributed by atoms with Gasteiger partial charge < -0.3 is 20.6 Å². The lowest BCUT2D eigenvalue weighted by atomic mass is 10.0. The van der Waals surface area contributed by atoms with Crippen LogP contribution in [0.25, 0.3) is 0 Å². The molecule has 0 aliphatic heterocycles. The molecule has 388 valence electrons. The summed E-state index contributed by atoms with van der Waals surface area (Å²) in [5.74, 6) is -0.514. The van der Waals surface area contributed by atoms with Crippen molar-refractivity contribution in [1.82, 2.24) is 5.32 Å². The molecule has 0 aromatic heterocycles. The van der Waals surface area contributed by atoms with Crippen LogP contribution in [0.5, 0.6) is 0 Å². The fourth-order valence-corrected chi connectivity index (χ4v) is 9.04. The quantitative estimate of drug-likeness (QED) is 0.0361. The van der Waals surface area contributed by atoms with Crippen LogP contribution >= 0.6 is 0 Å². The molecule has 0 aliphatic rings. The van der Waals surface area contributed by atoms with Gasteiger partial charge in [0.2, 0.25) is 5.91 Å². The van der Waals surface area contributed by atoms with Gasteiger partial charge in [0.05, 0.1) is 18.8 Å². The van der Waals surface area contributed by atoms with Gasteiger partial charge in [0.1, 0.15) is 6.10 Å². The van der Waals surface area contributed by atoms with Crippen molar-refractivity contribution in [2.75, 3.05) is 6.61 Å². The fraction of sp³-hybridized carbons (Fsp3) is 0.852. The van der Waals surface area contributed by atoms with Gasteiger partial charge in [-0.1, -0.05) is 287 Å². The molecule has 0 aromatic carbocycles. The molecule has 0 bridgehead atoms. The first kappa shape index (κ1) is 64.3. The van der Waals surface area contributed by atoms with Crippen LogP contribution < -0.4 is 5.32 Å². The minimum absolute atomic E-state index is 0.381. The Bertz CT molecular complexity index is 1070. The predicted octanol–water partition coefficient (Wildman–Crippen LogP) is 18.4. The van der Waals surface area contributed by atoms with Crippen molar-refractivity contribution in [1.29, 1.82) is 0 Å². The van der Waals surface area contributed by atoms with Gasteiger partial charge in [0.25, 0.3) is 0 Å². The average Bonchev–Trinajstić information content (AvgIpc) is 3.32. The van der Waals surface area contributed by atoms with Crippen LogP contribution in [0.2, 0.25) is 0 Å². The normalized spacial score (nSPS) is 13.6. The Morgan fingerprint density at radius 2 is 0.621 bits per heavy atom. The number of carbonyl (C=O) groups excluding carboxylic acids is 1. The maximum atomic E-state index is 12.6. The van der Waals surface area contributed by atoms with Crippen LogP contribution in [0, 0.1) is 0 Å². The van der Waals surface area contributed by atoms with E-state index in [1.54, 1.807) is 6.08 Å². The van der Waals surface area contributed by atoms with Gasteiger partial charge in [0, 0.05) is 0 Å². The lowest BCUT2D eigenvalue weighted by Crippen LogP contribution is -2.48. The second kappa shape index (κ2) is 55.9. The third kappa shape index (κ3) is 50.2. The third-order valence-electron chi connectivity index (χ3n) is 13.6. The zero-order chi connectivity index (χ0) is 47.9. The minimum atomic E-state index is -1.11. The second-order valence-corrected chi connectivity index (χ2v) is 20.2. The van der Waals surface area contributed by atoms with E-state index in [1.807, 2.05) is 6.08 Å². The first-order chi connectivity index (χ1) is 32.6. The third-order valence-corrected chi connectivity index (χ3v) is 13.6. The van der Waals surface area contributed by atoms with Crippen molar-refractivity contribution in [2.45, 2.75) is 327 Å². The summed E-state index contributed by atoms with van der Waals surface area (Å²) in [6.07, 6.45) is 74.9. The molecular formula is C61H115NO4. The van der Waals surface area contributed by atoms with E-state index >= 15 is 0 Å². The van der Waals surface area contributed by atoms with Crippen molar-refractivity contribution in [3.05, 3.63) is 48.6 Å². The van der Waals surface area contributed by atoms with E-state index in [0.717, 1.165) is 44.9 Å². The maximum Gasteiger partial charge on any atom is 0.249 e. The molecule has 3 unspecified atom stereocenters. The summed E-state index contributed by atoms with van der Waals surface area (Å²) in [5, 5.41) is 33.4. The van der Waals surface area contributed by atoms with Crippen LogP contribution in [0.15, 0.2) is 48.6 Å². The number of unbranched alkanes of at least 4 members (excludes halogenated alkanes) is 40. The molecule has 0 saturated heterocycles. The number of aliphatic hydroxyl groups is 3. The van der Waals surface area contributed by atoms with Crippen molar-refractivity contribution in [2.24, 2.45) is 0 Å². The number of carbonyl (C=O) groups is 1. The largest absolute Gasteiger partial charge is 0.394 e. The Morgan fingerprint density at radius 1 is 0.364 bits per heavy atom. The van der Waals surface area contributed by atoms with Crippen molar-refractivity contribution < 1.29 is 20.1 Å². The lowest BCUT2D eigenvalue weighted by Gasteiger charge is -2.21. The van der Waals surface area contributed by atoms with E-state index in [-0.39, 0.29) is 6.61 Å². The smallest absolute Gasteiger partial charge is 0.249 e. The summed E-state index contributed by atoms with van der Waals surface area (Å²) in [6, 6.07) is -0.823. The maximum absolute atomic E-state index is 12.6. The molecule has 0 fully saturated rings. The molecule has 5 heteroatoms. The summed E-state index contributed by atoms with van der Waals surface area (Å²) >= 11 is 0. The molecule has 0 aliphatic carbocycles. The molecule has 0 aromatic rings. The van der Waals surface area contributed by atoms with E-state index in [0.29, 0.717) is 6.42 Å². The summed E-state index contributed by atoms with van der Waals surface area (Å²) in [4.78, 5) is 12.6. The summed E-state index contributed by atoms with van der Waals surface area (Å²) in [7, 11) is 0. The number of allylic oxidation sites excluding steroid dienone is 7. The topological polar surface area (TPSA) is 89.8 Å². The monoisotopic (exact) mass is 926 g/mol. The molecule has 0 rings (SSSR count). The molecule has 1 amide bonds. The lowest BCUT2D eigenvalue weighted by molar-refractivity contribution is -0.131. The highest BCUT2D eigenvalue weighted by atomic mass is 16.3. The fourth-order valence-electron chi connectivity index (χ4n) is 9.04. The van der Waals surface area contributed by atoms with Gasteiger partial charge in [-0.2, -0.15) is 0 Å². The summed E-state index contributed by atoms with van der Waals surface area (Å²) in [6.45, 7) is 4.20. The standard InChI is InChI=1S/C61H115NO4/c1-3-5-7-9-11-13-15-17-19-21-23-25-27-29-30-31-32-34-36-38-40-42-44-46-48-50-52-54-56-60(65)61(66)62-58(57-63)59(64)55-53-51-49-47-45-43-41-39-37-35-33-28-26-24-22-20-18-16-14-12-10-8-6-4-2/h29-30,37,39,45,47,53,55,58-60,63-65H,3-28,31-36,38,40-44,46,48-52,54,56-57H2,1-2H3,(H,62,66)/b30-29-,39-37+,47-45+,55-53+. The number of nitrogens with one attached hydrogen (secondary N) is 1. The molecule has 66 heavy (non-hydrogen) atoms. The Balaban J connectivity index is 3.62. The van der Waals surface area contributed by atoms with E-state index in [2.05, 4.69) is 55.6 Å². The molecule has 0 spiro atoms. The molecule has 0 radical (unpaired) electrons. The highest BCUT2D eigenvalue weighted by Crippen LogP contribution is 2.17. The predicted molar refractivity (Wildman–Crippen MR) is 291 cm³/mol. The molecule has 4 N–H and O–H groups in total.